The summed E-state index contributed by atoms with van der Waals surface area (Å²) < 4.78 is 39.9. The smallest absolute Gasteiger partial charge is 0.291 e. The van der Waals surface area contributed by atoms with Crippen molar-refractivity contribution < 1.29 is 22.4 Å². The van der Waals surface area contributed by atoms with Crippen molar-refractivity contribution in [2.24, 2.45) is 11.8 Å². The molecule has 0 unspecified atom stereocenters. The third-order valence-corrected chi connectivity index (χ3v) is 8.51. The van der Waals surface area contributed by atoms with Gasteiger partial charge in [0.05, 0.1) is 4.90 Å². The molecule has 37 heavy (non-hydrogen) atoms. The number of hydrogen-bond acceptors (Lipinski definition) is 5. The van der Waals surface area contributed by atoms with Gasteiger partial charge in [0.2, 0.25) is 10.0 Å². The van der Waals surface area contributed by atoms with Gasteiger partial charge in [0.1, 0.15) is 17.1 Å². The third-order valence-electron chi connectivity index (χ3n) is 6.68. The summed E-state index contributed by atoms with van der Waals surface area (Å²) in [5.41, 5.74) is 1.64. The summed E-state index contributed by atoms with van der Waals surface area (Å²) in [6.07, 6.45) is 1.02. The second-order valence-electron chi connectivity index (χ2n) is 9.88. The van der Waals surface area contributed by atoms with Crippen LogP contribution in [0.4, 0.5) is 5.69 Å². The minimum atomic E-state index is -3.64. The lowest BCUT2D eigenvalue weighted by Gasteiger charge is -2.34. The van der Waals surface area contributed by atoms with E-state index in [4.69, 9.17) is 9.15 Å². The Bertz CT molecular complexity index is 1520. The molecule has 1 aliphatic heterocycles. The zero-order valence-electron chi connectivity index (χ0n) is 21.1. The first-order valence-corrected chi connectivity index (χ1v) is 13.8. The number of benzene rings is 3. The molecule has 4 aromatic rings. The molecular formula is C29H30N2O5S. The molecule has 0 saturated carbocycles. The summed E-state index contributed by atoms with van der Waals surface area (Å²) in [6, 6.07) is 21.3. The number of carbonyl (C=O) groups excluding carboxylic acids is 1. The summed E-state index contributed by atoms with van der Waals surface area (Å²) in [5, 5.41) is 3.45. The molecule has 1 aliphatic rings. The van der Waals surface area contributed by atoms with Gasteiger partial charge < -0.3 is 14.5 Å². The third kappa shape index (κ3) is 5.26. The van der Waals surface area contributed by atoms with E-state index >= 15 is 0 Å². The predicted octanol–water partition coefficient (Wildman–Crippen LogP) is 6.45. The number of nitrogens with zero attached hydrogens (tertiary/aromatic N) is 1. The van der Waals surface area contributed by atoms with Crippen LogP contribution in [0.2, 0.25) is 0 Å². The Morgan fingerprint density at radius 3 is 2.27 bits per heavy atom. The number of sulfonamides is 1. The summed E-state index contributed by atoms with van der Waals surface area (Å²) in [5.74, 6) is 1.74. The molecule has 0 bridgehead atoms. The fourth-order valence-electron chi connectivity index (χ4n) is 4.95. The number of fused-ring (bicyclic) bond motifs is 1. The Balaban J connectivity index is 1.34. The number of anilines is 1. The molecular weight excluding hydrogens is 488 g/mol. The maximum Gasteiger partial charge on any atom is 0.291 e. The lowest BCUT2D eigenvalue weighted by Crippen LogP contribution is -2.42. The fourth-order valence-corrected chi connectivity index (χ4v) is 6.65. The molecule has 1 aromatic heterocycles. The molecule has 0 radical (unpaired) electrons. The van der Waals surface area contributed by atoms with Crippen molar-refractivity contribution in [1.82, 2.24) is 4.31 Å². The summed E-state index contributed by atoms with van der Waals surface area (Å²) in [7, 11) is -3.64. The molecule has 3 aromatic carbocycles. The van der Waals surface area contributed by atoms with Crippen LogP contribution in [0.5, 0.6) is 11.5 Å². The number of para-hydroxylation sites is 1. The average Bonchev–Trinajstić information content (AvgIpc) is 3.21. The van der Waals surface area contributed by atoms with Gasteiger partial charge in [-0.25, -0.2) is 8.42 Å². The van der Waals surface area contributed by atoms with Gasteiger partial charge in [0.25, 0.3) is 5.91 Å². The topological polar surface area (TPSA) is 88.8 Å². The van der Waals surface area contributed by atoms with Crippen LogP contribution in [0.3, 0.4) is 0 Å². The first-order chi connectivity index (χ1) is 17.7. The van der Waals surface area contributed by atoms with Gasteiger partial charge in [0, 0.05) is 29.7 Å². The van der Waals surface area contributed by atoms with Gasteiger partial charge in [0.15, 0.2) is 5.76 Å². The largest absolute Gasteiger partial charge is 0.457 e. The highest BCUT2D eigenvalue weighted by atomic mass is 32.2. The van der Waals surface area contributed by atoms with Gasteiger partial charge >= 0.3 is 0 Å². The first kappa shape index (κ1) is 25.0. The molecule has 1 fully saturated rings. The van der Waals surface area contributed by atoms with Crippen molar-refractivity contribution in [3.05, 3.63) is 84.1 Å². The Hall–Kier alpha value is -3.62. The highest BCUT2D eigenvalue weighted by Gasteiger charge is 2.32. The molecule has 1 saturated heterocycles. The van der Waals surface area contributed by atoms with E-state index in [9.17, 15) is 13.2 Å². The van der Waals surface area contributed by atoms with Crippen LogP contribution in [0.1, 0.15) is 36.4 Å². The average molecular weight is 519 g/mol. The molecule has 1 amide bonds. The standard InChI is InChI=1S/C29H30N2O5S/c1-19-15-20(2)18-31(17-19)37(33,34)25-13-14-27-26(16-25)21(3)28(36-27)29(32)30-22-9-11-24(12-10-22)35-23-7-5-4-6-8-23/h4-14,16,19-20H,15,17-18H2,1-3H3,(H,30,32)/t19-,20+. The van der Waals surface area contributed by atoms with Crippen LogP contribution >= 0.6 is 0 Å². The number of furan rings is 1. The Labute approximate surface area is 217 Å². The van der Waals surface area contributed by atoms with Crippen LogP contribution in [0.15, 0.2) is 82.1 Å². The van der Waals surface area contributed by atoms with Crippen LogP contribution < -0.4 is 10.1 Å². The Morgan fingerprint density at radius 2 is 1.59 bits per heavy atom. The number of carbonyl (C=O) groups is 1. The summed E-state index contributed by atoms with van der Waals surface area (Å²) >= 11 is 0. The number of nitrogens with one attached hydrogen (secondary N) is 1. The van der Waals surface area contributed by atoms with Crippen LogP contribution in [-0.4, -0.2) is 31.7 Å². The van der Waals surface area contributed by atoms with Gasteiger partial charge in [-0.05, 0) is 79.8 Å². The highest BCUT2D eigenvalue weighted by Crippen LogP contribution is 2.32. The number of amides is 1. The van der Waals surface area contributed by atoms with E-state index in [1.807, 2.05) is 30.3 Å². The molecule has 2 atom stereocenters. The normalized spacial score (nSPS) is 18.6. The van der Waals surface area contributed by atoms with Gasteiger partial charge in [-0.2, -0.15) is 4.31 Å². The number of ether oxygens (including phenoxy) is 1. The van der Waals surface area contributed by atoms with E-state index in [0.29, 0.717) is 52.9 Å². The van der Waals surface area contributed by atoms with E-state index in [0.717, 1.165) is 12.2 Å². The molecule has 8 heteroatoms. The molecule has 5 rings (SSSR count). The second kappa shape index (κ2) is 10.0. The van der Waals surface area contributed by atoms with Crippen molar-refractivity contribution in [2.45, 2.75) is 32.1 Å². The van der Waals surface area contributed by atoms with Gasteiger partial charge in [-0.1, -0.05) is 32.0 Å². The molecule has 0 spiro atoms. The van der Waals surface area contributed by atoms with Crippen LogP contribution in [0.25, 0.3) is 11.0 Å². The van der Waals surface area contributed by atoms with Gasteiger partial charge in [-0.15, -0.1) is 0 Å². The number of hydrogen-bond donors (Lipinski definition) is 1. The monoisotopic (exact) mass is 518 g/mol. The van der Waals surface area contributed by atoms with Crippen molar-refractivity contribution in [2.75, 3.05) is 18.4 Å². The van der Waals surface area contributed by atoms with Crippen molar-refractivity contribution in [3.8, 4) is 11.5 Å². The zero-order chi connectivity index (χ0) is 26.2. The lowest BCUT2D eigenvalue weighted by atomic mass is 9.94. The van der Waals surface area contributed by atoms with E-state index < -0.39 is 15.9 Å². The predicted molar refractivity (Wildman–Crippen MR) is 144 cm³/mol. The fraction of sp³-hybridized carbons (Fsp3) is 0.276. The molecule has 0 aliphatic carbocycles. The van der Waals surface area contributed by atoms with E-state index in [1.54, 1.807) is 53.7 Å². The van der Waals surface area contributed by atoms with Crippen LogP contribution in [0, 0.1) is 18.8 Å². The van der Waals surface area contributed by atoms with Crippen molar-refractivity contribution >= 4 is 32.6 Å². The molecule has 1 N–H and O–H groups in total. The molecule has 192 valence electrons. The van der Waals surface area contributed by atoms with Crippen molar-refractivity contribution in [3.63, 3.8) is 0 Å². The van der Waals surface area contributed by atoms with Crippen LogP contribution in [-0.2, 0) is 10.0 Å². The number of rotatable bonds is 6. The number of aryl methyl sites for hydroxylation is 1. The number of piperidine rings is 1. The highest BCUT2D eigenvalue weighted by molar-refractivity contribution is 7.89. The van der Waals surface area contributed by atoms with E-state index in [2.05, 4.69) is 19.2 Å². The quantitative estimate of drug-likeness (QED) is 0.317. The minimum absolute atomic E-state index is 0.148. The maximum atomic E-state index is 13.4. The Morgan fingerprint density at radius 1 is 0.946 bits per heavy atom. The van der Waals surface area contributed by atoms with Gasteiger partial charge in [-0.3, -0.25) is 4.79 Å². The van der Waals surface area contributed by atoms with E-state index in [1.165, 1.54) is 0 Å². The summed E-state index contributed by atoms with van der Waals surface area (Å²) in [6.45, 7) is 6.95. The minimum Gasteiger partial charge on any atom is -0.457 e. The zero-order valence-corrected chi connectivity index (χ0v) is 21.9. The SMILES string of the molecule is Cc1c(C(=O)Nc2ccc(Oc3ccccc3)cc2)oc2ccc(S(=O)(=O)N3C[C@H](C)C[C@H](C)C3)cc12. The Kier molecular flexibility index (Phi) is 6.79. The van der Waals surface area contributed by atoms with E-state index in [-0.39, 0.29) is 10.7 Å². The second-order valence-corrected chi connectivity index (χ2v) is 11.8. The first-order valence-electron chi connectivity index (χ1n) is 12.4. The molecule has 2 heterocycles. The lowest BCUT2D eigenvalue weighted by molar-refractivity contribution is 0.0998. The summed E-state index contributed by atoms with van der Waals surface area (Å²) in [4.78, 5) is 13.2. The molecule has 7 nitrogen and oxygen atoms in total. The maximum absolute atomic E-state index is 13.4. The van der Waals surface area contributed by atoms with Crippen molar-refractivity contribution in [1.29, 1.82) is 0 Å².